The van der Waals surface area contributed by atoms with E-state index in [1.165, 1.54) is 31.2 Å². The quantitative estimate of drug-likeness (QED) is 0.304. The predicted octanol–water partition coefficient (Wildman–Crippen LogP) is 3.53. The highest BCUT2D eigenvalue weighted by Gasteiger charge is 2.42. The minimum Gasteiger partial charge on any atom is -0.461 e. The molecule has 2 rings (SSSR count). The van der Waals surface area contributed by atoms with Crippen molar-refractivity contribution in [1.29, 1.82) is 0 Å². The molecule has 0 fully saturated rings. The SMILES string of the molecule is CCOC(=O)C(C(CC(=O)c1ccc(F)cc1)c1ccc(F)cc1)[N+](=O)[O-]. The van der Waals surface area contributed by atoms with Gasteiger partial charge in [-0.1, -0.05) is 12.1 Å². The smallest absolute Gasteiger partial charge is 0.382 e. The number of halogens is 2. The van der Waals surface area contributed by atoms with Gasteiger partial charge < -0.3 is 4.74 Å². The number of nitrogens with zero attached hydrogens (tertiary/aromatic N) is 1. The van der Waals surface area contributed by atoms with Crippen LogP contribution in [0.2, 0.25) is 0 Å². The van der Waals surface area contributed by atoms with E-state index < -0.39 is 46.7 Å². The van der Waals surface area contributed by atoms with Gasteiger partial charge in [-0.2, -0.15) is 0 Å². The molecule has 0 amide bonds. The highest BCUT2D eigenvalue weighted by molar-refractivity contribution is 5.97. The number of Topliss-reactive ketones (excluding diaryl/α,β-unsaturated/α-hetero) is 1. The third kappa shape index (κ3) is 5.16. The number of carbonyl (C=O) groups excluding carboxylic acids is 2. The first-order valence-corrected chi connectivity index (χ1v) is 8.17. The number of rotatable bonds is 8. The number of ketones is 1. The second kappa shape index (κ2) is 8.98. The van der Waals surface area contributed by atoms with Crippen LogP contribution in [0.5, 0.6) is 0 Å². The Morgan fingerprint density at radius 1 is 1.04 bits per heavy atom. The van der Waals surface area contributed by atoms with E-state index in [2.05, 4.69) is 0 Å². The fourth-order valence-corrected chi connectivity index (χ4v) is 2.70. The molecule has 0 aliphatic rings. The van der Waals surface area contributed by atoms with Gasteiger partial charge in [0.1, 0.15) is 11.6 Å². The third-order valence-electron chi connectivity index (χ3n) is 4.01. The van der Waals surface area contributed by atoms with Crippen LogP contribution in [0.4, 0.5) is 8.78 Å². The molecule has 0 aliphatic heterocycles. The molecule has 27 heavy (non-hydrogen) atoms. The van der Waals surface area contributed by atoms with Crippen LogP contribution in [0.3, 0.4) is 0 Å². The lowest BCUT2D eigenvalue weighted by Gasteiger charge is -2.20. The van der Waals surface area contributed by atoms with Crippen LogP contribution >= 0.6 is 0 Å². The van der Waals surface area contributed by atoms with Crippen LogP contribution in [-0.4, -0.2) is 29.3 Å². The van der Waals surface area contributed by atoms with Gasteiger partial charge in [0, 0.05) is 16.9 Å². The van der Waals surface area contributed by atoms with Gasteiger partial charge in [0.05, 0.1) is 12.5 Å². The number of hydrogen-bond donors (Lipinski definition) is 0. The lowest BCUT2D eigenvalue weighted by molar-refractivity contribution is -0.514. The molecular formula is C19H17F2NO5. The standard InChI is InChI=1S/C19H17F2NO5/c1-2-27-19(24)18(22(25)26)16(12-3-7-14(20)8-4-12)11-17(23)13-5-9-15(21)10-6-13/h3-10,16,18H,2,11H2,1H3. The molecule has 0 bridgehead atoms. The van der Waals surface area contributed by atoms with Crippen LogP contribution in [0.1, 0.15) is 35.2 Å². The summed E-state index contributed by atoms with van der Waals surface area (Å²) in [5.41, 5.74) is 0.399. The number of nitro groups is 1. The van der Waals surface area contributed by atoms with Crippen LogP contribution in [0.25, 0.3) is 0 Å². The van der Waals surface area contributed by atoms with Crippen LogP contribution in [0, 0.1) is 21.7 Å². The molecule has 142 valence electrons. The van der Waals surface area contributed by atoms with E-state index in [1.54, 1.807) is 0 Å². The molecule has 0 heterocycles. The van der Waals surface area contributed by atoms with E-state index in [-0.39, 0.29) is 17.7 Å². The van der Waals surface area contributed by atoms with Gasteiger partial charge >= 0.3 is 12.0 Å². The average Bonchev–Trinajstić information content (AvgIpc) is 2.62. The first-order valence-electron chi connectivity index (χ1n) is 8.17. The van der Waals surface area contributed by atoms with E-state index in [4.69, 9.17) is 4.74 Å². The van der Waals surface area contributed by atoms with Crippen molar-refractivity contribution in [3.63, 3.8) is 0 Å². The molecule has 2 aromatic rings. The monoisotopic (exact) mass is 377 g/mol. The largest absolute Gasteiger partial charge is 0.461 e. The molecule has 0 N–H and O–H groups in total. The number of carbonyl (C=O) groups is 2. The molecule has 8 heteroatoms. The van der Waals surface area contributed by atoms with Crippen molar-refractivity contribution in [3.8, 4) is 0 Å². The fraction of sp³-hybridized carbons (Fsp3) is 0.263. The van der Waals surface area contributed by atoms with Crippen LogP contribution in [-0.2, 0) is 9.53 Å². The molecule has 0 saturated carbocycles. The topological polar surface area (TPSA) is 86.5 Å². The van der Waals surface area contributed by atoms with Crippen molar-refractivity contribution in [3.05, 3.63) is 81.4 Å². The Morgan fingerprint density at radius 2 is 1.56 bits per heavy atom. The Bertz CT molecular complexity index is 821. The number of esters is 1. The van der Waals surface area contributed by atoms with E-state index in [9.17, 15) is 28.5 Å². The van der Waals surface area contributed by atoms with Crippen LogP contribution < -0.4 is 0 Å². The van der Waals surface area contributed by atoms with Crippen molar-refractivity contribution in [2.45, 2.75) is 25.3 Å². The normalized spacial score (nSPS) is 12.9. The zero-order chi connectivity index (χ0) is 20.0. The summed E-state index contributed by atoms with van der Waals surface area (Å²) in [5, 5.41) is 11.5. The Morgan fingerprint density at radius 3 is 2.04 bits per heavy atom. The second-order valence-electron chi connectivity index (χ2n) is 5.77. The van der Waals surface area contributed by atoms with Gasteiger partial charge in [0.15, 0.2) is 5.78 Å². The van der Waals surface area contributed by atoms with E-state index in [0.29, 0.717) is 0 Å². The van der Waals surface area contributed by atoms with E-state index in [1.807, 2.05) is 0 Å². The van der Waals surface area contributed by atoms with E-state index >= 15 is 0 Å². The Labute approximate surface area is 153 Å². The summed E-state index contributed by atoms with van der Waals surface area (Å²) in [6.45, 7) is 1.44. The van der Waals surface area contributed by atoms with Crippen molar-refractivity contribution >= 4 is 11.8 Å². The highest BCUT2D eigenvalue weighted by Crippen LogP contribution is 2.28. The maximum atomic E-state index is 13.2. The maximum absolute atomic E-state index is 13.2. The third-order valence-corrected chi connectivity index (χ3v) is 4.01. The Kier molecular flexibility index (Phi) is 6.70. The van der Waals surface area contributed by atoms with Gasteiger partial charge in [0.25, 0.3) is 0 Å². The lowest BCUT2D eigenvalue weighted by Crippen LogP contribution is -2.38. The van der Waals surface area contributed by atoms with Crippen molar-refractivity contribution in [2.24, 2.45) is 0 Å². The molecule has 0 aliphatic carbocycles. The molecule has 2 atom stereocenters. The molecule has 0 aromatic heterocycles. The van der Waals surface area contributed by atoms with Crippen LogP contribution in [0.15, 0.2) is 48.5 Å². The molecular weight excluding hydrogens is 360 g/mol. The first-order chi connectivity index (χ1) is 12.8. The zero-order valence-corrected chi connectivity index (χ0v) is 14.4. The van der Waals surface area contributed by atoms with Gasteiger partial charge in [-0.25, -0.2) is 13.6 Å². The summed E-state index contributed by atoms with van der Waals surface area (Å²) in [5.74, 6) is -3.85. The average molecular weight is 377 g/mol. The summed E-state index contributed by atoms with van der Waals surface area (Å²) in [6, 6.07) is 7.61. The van der Waals surface area contributed by atoms with Gasteiger partial charge in [-0.05, 0) is 48.9 Å². The second-order valence-corrected chi connectivity index (χ2v) is 5.77. The van der Waals surface area contributed by atoms with Gasteiger partial charge in [-0.3, -0.25) is 14.9 Å². The van der Waals surface area contributed by atoms with Crippen molar-refractivity contribution < 1.29 is 28.0 Å². The maximum Gasteiger partial charge on any atom is 0.382 e. The van der Waals surface area contributed by atoms with Crippen molar-refractivity contribution in [2.75, 3.05) is 6.61 Å². The molecule has 2 aromatic carbocycles. The van der Waals surface area contributed by atoms with E-state index in [0.717, 1.165) is 24.3 Å². The number of hydrogen-bond acceptors (Lipinski definition) is 5. The molecule has 2 unspecified atom stereocenters. The Balaban J connectivity index is 2.40. The number of benzene rings is 2. The molecule has 6 nitrogen and oxygen atoms in total. The van der Waals surface area contributed by atoms with Crippen molar-refractivity contribution in [1.82, 2.24) is 0 Å². The summed E-state index contributed by atoms with van der Waals surface area (Å²) in [4.78, 5) is 35.4. The molecule has 0 radical (unpaired) electrons. The summed E-state index contributed by atoms with van der Waals surface area (Å²) >= 11 is 0. The summed E-state index contributed by atoms with van der Waals surface area (Å²) in [6.07, 6.45) is -0.401. The highest BCUT2D eigenvalue weighted by atomic mass is 19.1. The summed E-state index contributed by atoms with van der Waals surface area (Å²) < 4.78 is 31.0. The minimum absolute atomic E-state index is 0.0643. The first kappa shape index (κ1) is 20.2. The fourth-order valence-electron chi connectivity index (χ4n) is 2.70. The predicted molar refractivity (Wildman–Crippen MR) is 91.9 cm³/mol. The van der Waals surface area contributed by atoms with Gasteiger partial charge in [-0.15, -0.1) is 0 Å². The van der Waals surface area contributed by atoms with Gasteiger partial charge in [0.2, 0.25) is 0 Å². The zero-order valence-electron chi connectivity index (χ0n) is 14.4. The Hall–Kier alpha value is -3.16. The summed E-state index contributed by atoms with van der Waals surface area (Å²) in [7, 11) is 0. The number of ether oxygens (including phenoxy) is 1. The molecule has 0 spiro atoms. The molecule has 0 saturated heterocycles. The minimum atomic E-state index is -1.83. The lowest BCUT2D eigenvalue weighted by atomic mass is 9.85.